The molecule has 1 spiro atoms. The highest BCUT2D eigenvalue weighted by atomic mass is 16.2. The summed E-state index contributed by atoms with van der Waals surface area (Å²) >= 11 is 0. The van der Waals surface area contributed by atoms with Crippen molar-refractivity contribution in [2.75, 3.05) is 11.0 Å². The first-order chi connectivity index (χ1) is 19.9. The number of fused-ring (bicyclic) bond motifs is 3. The Morgan fingerprint density at radius 3 is 2.30 bits per heavy atom. The maximum absolute atomic E-state index is 8.18. The van der Waals surface area contributed by atoms with Gasteiger partial charge in [0, 0.05) is 39.1 Å². The summed E-state index contributed by atoms with van der Waals surface area (Å²) < 4.78 is 30.2. The average molecular weight is 489 g/mol. The maximum Gasteiger partial charge on any atom is 0.292 e. The van der Waals surface area contributed by atoms with Gasteiger partial charge in [0.15, 0.2) is 4.24 Å². The van der Waals surface area contributed by atoms with Crippen molar-refractivity contribution < 1.29 is 9.34 Å². The Morgan fingerprint density at radius 1 is 0.973 bits per heavy atom. The van der Waals surface area contributed by atoms with Gasteiger partial charge in [0.1, 0.15) is 0 Å². The van der Waals surface area contributed by atoms with E-state index in [1.165, 1.54) is 48.4 Å². The Balaban J connectivity index is 0.000000139. The molecule has 0 amide bonds. The molecular formula is C34H32N2O. The third-order valence-corrected chi connectivity index (χ3v) is 9.41. The zero-order valence-corrected chi connectivity index (χ0v) is 20.9. The van der Waals surface area contributed by atoms with Gasteiger partial charge in [-0.2, -0.15) is 0 Å². The first-order valence-corrected chi connectivity index (χ1v) is 13.3. The molecule has 4 aliphatic rings. The number of anilines is 3. The summed E-state index contributed by atoms with van der Waals surface area (Å²) in [5, 5.41) is 7.95. The smallest absolute Gasteiger partial charge is 0.292 e. The second-order valence-electron chi connectivity index (χ2n) is 10.9. The van der Waals surface area contributed by atoms with Crippen molar-refractivity contribution in [2.45, 2.75) is 32.6 Å². The number of rotatable bonds is 3. The van der Waals surface area contributed by atoms with E-state index in [0.29, 0.717) is 11.4 Å². The van der Waals surface area contributed by atoms with Gasteiger partial charge in [-0.25, -0.2) is 0 Å². The minimum Gasteiger partial charge on any atom is -0.515 e. The molecule has 184 valence electrons. The fourth-order valence-electron chi connectivity index (χ4n) is 7.30. The molecule has 3 saturated carbocycles. The van der Waals surface area contributed by atoms with E-state index < -0.39 is 0 Å². The minimum atomic E-state index is 0.639. The van der Waals surface area contributed by atoms with Crippen LogP contribution in [0, 0.1) is 17.3 Å². The van der Waals surface area contributed by atoms with Crippen LogP contribution in [0.3, 0.4) is 0 Å². The van der Waals surface area contributed by atoms with Crippen LogP contribution in [0.5, 0.6) is 0 Å². The number of benzene rings is 4. The average Bonchev–Trinajstić information content (AvgIpc) is 2.97. The Hall–Kier alpha value is -3.98. The standard InChI is InChI=1S/C20H21N.C14H11NO/c1-12(19-16-7-9-20(16)10-8-17(19)20)13-5-6-15-14(11-13)3-2-4-18(15)21;16-9-12-10-5-1-3-7-13(10)15-14-8-4-2-6-11(12)14/h2-6,11,16-17H,7-10,21H2,1H3;1-9,15-16H/i/hD4. The van der Waals surface area contributed by atoms with Gasteiger partial charge in [0.2, 0.25) is 0 Å². The van der Waals surface area contributed by atoms with Crippen LogP contribution < -0.4 is 11.0 Å². The molecule has 4 aromatic carbocycles. The molecule has 1 heterocycles. The topological polar surface area (TPSA) is 58.3 Å². The Labute approximate surface area is 224 Å². The predicted molar refractivity (Wildman–Crippen MR) is 155 cm³/mol. The van der Waals surface area contributed by atoms with E-state index in [-0.39, 0.29) is 0 Å². The first kappa shape index (κ1) is 18.3. The number of hydrogen-bond donors (Lipinski definition) is 3. The van der Waals surface area contributed by atoms with Gasteiger partial charge in [-0.05, 0) is 90.6 Å². The molecule has 3 nitrogen and oxygen atoms in total. The van der Waals surface area contributed by atoms with Crippen LogP contribution in [0.25, 0.3) is 23.3 Å². The molecule has 8 rings (SSSR count). The molecule has 37 heavy (non-hydrogen) atoms. The highest BCUT2D eigenvalue weighted by molar-refractivity contribution is 5.96. The predicted octanol–water partition coefficient (Wildman–Crippen LogP) is 8.71. The molecule has 4 aromatic rings. The molecule has 0 saturated heterocycles. The van der Waals surface area contributed by atoms with Gasteiger partial charge in [0.05, 0.1) is 6.26 Å². The van der Waals surface area contributed by atoms with Crippen molar-refractivity contribution >= 4 is 39.0 Å². The Morgan fingerprint density at radius 2 is 1.68 bits per heavy atom. The van der Waals surface area contributed by atoms with E-state index in [1.54, 1.807) is 5.57 Å². The van der Waals surface area contributed by atoms with Gasteiger partial charge in [-0.1, -0.05) is 66.2 Å². The van der Waals surface area contributed by atoms with Crippen LogP contribution >= 0.6 is 0 Å². The first-order valence-electron chi connectivity index (χ1n) is 15.0. The molecule has 3 heteroatoms. The summed E-state index contributed by atoms with van der Waals surface area (Å²) in [5.41, 5.74) is 10.8. The second kappa shape index (κ2) is 8.27. The molecule has 2 unspecified atom stereocenters. The summed E-state index contributed by atoms with van der Waals surface area (Å²) in [7, 11) is 0. The Bertz CT molecular complexity index is 1660. The summed E-state index contributed by atoms with van der Waals surface area (Å²) in [6.45, 7) is 2.29. The zero-order chi connectivity index (χ0) is 28.3. The van der Waals surface area contributed by atoms with Gasteiger partial charge in [0.25, 0.3) is 1.43 Å². The molecule has 0 bridgehead atoms. The van der Waals surface area contributed by atoms with Crippen molar-refractivity contribution in [2.24, 2.45) is 17.3 Å². The molecule has 4 N–H and O–H groups in total. The second-order valence-corrected chi connectivity index (χ2v) is 10.9. The molecule has 1 aliphatic heterocycles. The van der Waals surface area contributed by atoms with Crippen LogP contribution in [-0.2, 0) is 0 Å². The van der Waals surface area contributed by atoms with Crippen molar-refractivity contribution in [1.82, 2.24) is 0 Å². The lowest BCUT2D eigenvalue weighted by Crippen LogP contribution is -2.64. The monoisotopic (exact) mass is 488 g/mol. The van der Waals surface area contributed by atoms with Crippen LogP contribution in [-0.4, -0.2) is 5.11 Å². The van der Waals surface area contributed by atoms with Crippen molar-refractivity contribution in [3.63, 3.8) is 0 Å². The number of aliphatic hydroxyl groups excluding tert-OH is 1. The molecule has 3 fully saturated rings. The minimum absolute atomic E-state index is 0.639. The normalized spacial score (nSPS) is 25.4. The fraction of sp³-hybridized carbons (Fsp3) is 0.235. The van der Waals surface area contributed by atoms with Crippen molar-refractivity contribution in [3.05, 3.63) is 113 Å². The van der Waals surface area contributed by atoms with Gasteiger partial charge in [-0.15, -0.1) is 0 Å². The molecule has 2 atom stereocenters. The molecule has 0 radical (unpaired) electrons. The maximum atomic E-state index is 8.18. The van der Waals surface area contributed by atoms with Gasteiger partial charge >= 0.3 is 0 Å². The zero-order valence-electron chi connectivity index (χ0n) is 24.9. The molecular weight excluding hydrogens is 452 g/mol. The highest BCUT2D eigenvalue weighted by Gasteiger charge is 2.68. The van der Waals surface area contributed by atoms with Crippen molar-refractivity contribution in [1.29, 1.82) is 1.43 Å². The lowest BCUT2D eigenvalue weighted by Gasteiger charge is -2.73. The number of allylic oxidation sites excluding steroid dienone is 2. The lowest BCUT2D eigenvalue weighted by molar-refractivity contribution is -0.154. The van der Waals surface area contributed by atoms with Crippen LogP contribution in [0.4, 0.5) is 17.1 Å². The summed E-state index contributed by atoms with van der Waals surface area (Å²) in [4.78, 5) is 0. The fourth-order valence-corrected chi connectivity index (χ4v) is 7.30. The third-order valence-electron chi connectivity index (χ3n) is 9.41. The van der Waals surface area contributed by atoms with E-state index >= 15 is 0 Å². The Kier molecular flexibility index (Phi) is 4.09. The van der Waals surface area contributed by atoms with Crippen LogP contribution in [0.15, 0.2) is 96.8 Å². The van der Waals surface area contributed by atoms with Crippen LogP contribution in [0.1, 0.15) is 49.3 Å². The summed E-state index contributed by atoms with van der Waals surface area (Å²) in [5.74, 6) is 1.75. The lowest BCUT2D eigenvalue weighted by atomic mass is 9.31. The van der Waals surface area contributed by atoms with E-state index in [0.717, 1.165) is 56.1 Å². The van der Waals surface area contributed by atoms with E-state index in [2.05, 4.69) is 36.3 Å². The number of para-hydroxylation sites is 2. The van der Waals surface area contributed by atoms with Gasteiger partial charge < -0.3 is 16.1 Å². The molecule has 3 aliphatic carbocycles. The third kappa shape index (κ3) is 3.20. The van der Waals surface area contributed by atoms with Crippen molar-refractivity contribution in [3.8, 4) is 0 Å². The quantitative estimate of drug-likeness (QED) is 0.200. The van der Waals surface area contributed by atoms with E-state index in [1.807, 2.05) is 60.7 Å². The van der Waals surface area contributed by atoms with Gasteiger partial charge in [-0.3, -0.25) is 0 Å². The number of nitrogens with one attached hydrogen (secondary N) is 1. The number of hydrogen-bond acceptors (Lipinski definition) is 3. The number of nitrogen functional groups attached to an aromatic ring is 1. The van der Waals surface area contributed by atoms with Crippen LogP contribution in [0.2, 0.25) is 4.24 Å². The summed E-state index contributed by atoms with van der Waals surface area (Å²) in [6.07, 6.45) is 7.12. The molecule has 0 aromatic heterocycles. The largest absolute Gasteiger partial charge is 0.515 e. The SMILES string of the molecule is [2H]N([2H])c1cccc2cc(C(C)=C3C4CCC45CCC35)ccc12.[2H]OC=C1c2ccccc2N([2H])c2ccccc21. The summed E-state index contributed by atoms with van der Waals surface area (Å²) in [6, 6.07) is 27.6. The highest BCUT2D eigenvalue weighted by Crippen LogP contribution is 2.78. The van der Waals surface area contributed by atoms with E-state index in [4.69, 9.17) is 5.67 Å². The number of aliphatic hydroxyl groups is 1. The van der Waals surface area contributed by atoms with E-state index in [9.17, 15) is 0 Å². The number of nitrogens with two attached hydrogens (primary N) is 1.